The van der Waals surface area contributed by atoms with Gasteiger partial charge in [0.1, 0.15) is 0 Å². The monoisotopic (exact) mass is 164 g/mol. The van der Waals surface area contributed by atoms with Crippen molar-refractivity contribution in [2.75, 3.05) is 0 Å². The van der Waals surface area contributed by atoms with Crippen LogP contribution >= 0.6 is 0 Å². The molecule has 0 radical (unpaired) electrons. The summed E-state index contributed by atoms with van der Waals surface area (Å²) in [5, 5.41) is 16.0. The zero-order valence-electron chi connectivity index (χ0n) is 6.45. The molecule has 0 amide bonds. The third-order valence-electron chi connectivity index (χ3n) is 2.12. The van der Waals surface area contributed by atoms with Crippen LogP contribution in [0.5, 0.6) is 0 Å². The number of aromatic nitrogens is 2. The van der Waals surface area contributed by atoms with Crippen LogP contribution in [-0.4, -0.2) is 21.3 Å². The van der Waals surface area contributed by atoms with Crippen molar-refractivity contribution in [3.8, 4) is 0 Å². The summed E-state index contributed by atoms with van der Waals surface area (Å²) in [6, 6.07) is 0. The van der Waals surface area contributed by atoms with Gasteiger partial charge in [0.15, 0.2) is 5.69 Å². The van der Waals surface area contributed by atoms with E-state index in [9.17, 15) is 4.79 Å². The molecule has 1 aliphatic rings. The van der Waals surface area contributed by atoms with Gasteiger partial charge in [-0.1, -0.05) is 0 Å². The van der Waals surface area contributed by atoms with Crippen molar-refractivity contribution in [3.05, 3.63) is 23.0 Å². The molecule has 1 N–H and O–H groups in total. The maximum Gasteiger partial charge on any atom is 0.356 e. The Morgan fingerprint density at radius 2 is 2.33 bits per heavy atom. The van der Waals surface area contributed by atoms with Crippen LogP contribution in [0.4, 0.5) is 0 Å². The van der Waals surface area contributed by atoms with E-state index >= 15 is 0 Å². The van der Waals surface area contributed by atoms with Gasteiger partial charge >= 0.3 is 5.97 Å². The summed E-state index contributed by atoms with van der Waals surface area (Å²) in [4.78, 5) is 10.7. The number of carboxylic acid groups (broad SMARTS) is 1. The fourth-order valence-electron chi connectivity index (χ4n) is 1.57. The van der Waals surface area contributed by atoms with Crippen molar-refractivity contribution in [2.45, 2.75) is 19.3 Å². The van der Waals surface area contributed by atoms with Crippen LogP contribution in [0.15, 0.2) is 6.20 Å². The molecule has 2 rings (SSSR count). The van der Waals surface area contributed by atoms with Crippen LogP contribution in [0.1, 0.15) is 28.0 Å². The fourth-order valence-corrected chi connectivity index (χ4v) is 1.57. The van der Waals surface area contributed by atoms with Crippen LogP contribution in [0.2, 0.25) is 0 Å². The standard InChI is InChI=1S/C8H8N2O2/c11-8(12)7-6-3-1-2-5(6)4-9-10-7/h4H,1-3H2,(H,11,12). The number of aryl methyl sites for hydroxylation is 1. The first kappa shape index (κ1) is 7.21. The molecule has 0 spiro atoms. The predicted octanol–water partition coefficient (Wildman–Crippen LogP) is 0.663. The first-order valence-electron chi connectivity index (χ1n) is 3.86. The van der Waals surface area contributed by atoms with Gasteiger partial charge in [-0.3, -0.25) is 0 Å². The van der Waals surface area contributed by atoms with Gasteiger partial charge in [0.25, 0.3) is 0 Å². The molecule has 0 fully saturated rings. The normalized spacial score (nSPS) is 14.3. The van der Waals surface area contributed by atoms with Crippen LogP contribution < -0.4 is 0 Å². The summed E-state index contributed by atoms with van der Waals surface area (Å²) in [6.07, 6.45) is 4.44. The first-order valence-corrected chi connectivity index (χ1v) is 3.86. The minimum Gasteiger partial charge on any atom is -0.476 e. The summed E-state index contributed by atoms with van der Waals surface area (Å²) in [7, 11) is 0. The number of nitrogens with zero attached hydrogens (tertiary/aromatic N) is 2. The van der Waals surface area contributed by atoms with E-state index in [-0.39, 0.29) is 5.69 Å². The summed E-state index contributed by atoms with van der Waals surface area (Å²) in [6.45, 7) is 0. The molecule has 0 unspecified atom stereocenters. The van der Waals surface area contributed by atoms with E-state index in [4.69, 9.17) is 5.11 Å². The minimum absolute atomic E-state index is 0.130. The van der Waals surface area contributed by atoms with Crippen molar-refractivity contribution in [3.63, 3.8) is 0 Å². The highest BCUT2D eigenvalue weighted by atomic mass is 16.4. The lowest BCUT2D eigenvalue weighted by molar-refractivity contribution is 0.0688. The quantitative estimate of drug-likeness (QED) is 0.662. The fraction of sp³-hybridized carbons (Fsp3) is 0.375. The molecule has 1 aromatic heterocycles. The SMILES string of the molecule is O=C(O)c1nncc2c1CCC2. The number of rotatable bonds is 1. The molecule has 4 nitrogen and oxygen atoms in total. The number of hydrogen-bond acceptors (Lipinski definition) is 3. The number of fused-ring (bicyclic) bond motifs is 1. The topological polar surface area (TPSA) is 63.1 Å². The van der Waals surface area contributed by atoms with Crippen molar-refractivity contribution in [1.29, 1.82) is 0 Å². The molecule has 62 valence electrons. The predicted molar refractivity (Wildman–Crippen MR) is 41.0 cm³/mol. The Kier molecular flexibility index (Phi) is 1.53. The third kappa shape index (κ3) is 0.958. The van der Waals surface area contributed by atoms with Crippen molar-refractivity contribution < 1.29 is 9.90 Å². The van der Waals surface area contributed by atoms with E-state index in [1.165, 1.54) is 0 Å². The second-order valence-electron chi connectivity index (χ2n) is 2.86. The lowest BCUT2D eigenvalue weighted by Gasteiger charge is -1.99. The van der Waals surface area contributed by atoms with E-state index in [1.807, 2.05) is 0 Å². The zero-order chi connectivity index (χ0) is 8.55. The van der Waals surface area contributed by atoms with Gasteiger partial charge in [0.2, 0.25) is 0 Å². The van der Waals surface area contributed by atoms with E-state index in [2.05, 4.69) is 10.2 Å². The highest BCUT2D eigenvalue weighted by molar-refractivity contribution is 5.87. The molecule has 12 heavy (non-hydrogen) atoms. The summed E-state index contributed by atoms with van der Waals surface area (Å²) in [5.74, 6) is -0.971. The first-order chi connectivity index (χ1) is 5.79. The maximum atomic E-state index is 10.7. The summed E-state index contributed by atoms with van der Waals surface area (Å²) >= 11 is 0. The van der Waals surface area contributed by atoms with E-state index in [0.29, 0.717) is 0 Å². The Labute approximate surface area is 69.2 Å². The minimum atomic E-state index is -0.971. The second-order valence-corrected chi connectivity index (χ2v) is 2.86. The van der Waals surface area contributed by atoms with E-state index in [1.54, 1.807) is 6.20 Å². The number of carboxylic acids is 1. The third-order valence-corrected chi connectivity index (χ3v) is 2.12. The largest absolute Gasteiger partial charge is 0.476 e. The molecular formula is C8H8N2O2. The van der Waals surface area contributed by atoms with Gasteiger partial charge in [0.05, 0.1) is 6.20 Å². The molecule has 0 saturated carbocycles. The van der Waals surface area contributed by atoms with E-state index in [0.717, 1.165) is 30.4 Å². The average molecular weight is 164 g/mol. The van der Waals surface area contributed by atoms with Crippen LogP contribution in [0, 0.1) is 0 Å². The number of carbonyl (C=O) groups is 1. The molecule has 1 aromatic rings. The molecule has 0 saturated heterocycles. The number of hydrogen-bond donors (Lipinski definition) is 1. The molecule has 4 heteroatoms. The molecular weight excluding hydrogens is 156 g/mol. The van der Waals surface area contributed by atoms with Crippen molar-refractivity contribution in [2.24, 2.45) is 0 Å². The second kappa shape index (κ2) is 2.55. The summed E-state index contributed by atoms with van der Waals surface area (Å²) in [5.41, 5.74) is 2.05. The molecule has 1 aliphatic carbocycles. The Morgan fingerprint density at radius 1 is 1.50 bits per heavy atom. The Morgan fingerprint density at radius 3 is 3.08 bits per heavy atom. The molecule has 0 atom stereocenters. The molecule has 1 heterocycles. The Balaban J connectivity index is 2.56. The van der Waals surface area contributed by atoms with Gasteiger partial charge in [-0.05, 0) is 30.4 Å². The highest BCUT2D eigenvalue weighted by Gasteiger charge is 2.20. The Hall–Kier alpha value is -1.45. The molecule has 0 aliphatic heterocycles. The lowest BCUT2D eigenvalue weighted by atomic mass is 10.1. The van der Waals surface area contributed by atoms with Crippen molar-refractivity contribution >= 4 is 5.97 Å². The van der Waals surface area contributed by atoms with Crippen LogP contribution in [0.25, 0.3) is 0 Å². The van der Waals surface area contributed by atoms with Gasteiger partial charge in [-0.2, -0.15) is 5.10 Å². The molecule has 0 aromatic carbocycles. The van der Waals surface area contributed by atoms with Gasteiger partial charge in [0, 0.05) is 0 Å². The number of aromatic carboxylic acids is 1. The highest BCUT2D eigenvalue weighted by Crippen LogP contribution is 2.22. The van der Waals surface area contributed by atoms with Gasteiger partial charge in [-0.25, -0.2) is 4.79 Å². The maximum absolute atomic E-state index is 10.7. The van der Waals surface area contributed by atoms with Crippen LogP contribution in [-0.2, 0) is 12.8 Å². The smallest absolute Gasteiger partial charge is 0.356 e. The lowest BCUT2D eigenvalue weighted by Crippen LogP contribution is -2.06. The van der Waals surface area contributed by atoms with Gasteiger partial charge in [-0.15, -0.1) is 5.10 Å². The van der Waals surface area contributed by atoms with Crippen molar-refractivity contribution in [1.82, 2.24) is 10.2 Å². The summed E-state index contributed by atoms with van der Waals surface area (Å²) < 4.78 is 0. The average Bonchev–Trinajstić information content (AvgIpc) is 2.49. The Bertz CT molecular complexity index is 336. The van der Waals surface area contributed by atoms with E-state index < -0.39 is 5.97 Å². The molecule has 0 bridgehead atoms. The van der Waals surface area contributed by atoms with Gasteiger partial charge < -0.3 is 5.11 Å². The zero-order valence-corrected chi connectivity index (χ0v) is 6.45. The van der Waals surface area contributed by atoms with Crippen LogP contribution in [0.3, 0.4) is 0 Å².